The predicted octanol–water partition coefficient (Wildman–Crippen LogP) is 1.84. The molecule has 0 aromatic heterocycles. The summed E-state index contributed by atoms with van der Waals surface area (Å²) in [4.78, 5) is 13.6. The number of piperidine rings is 1. The van der Waals surface area contributed by atoms with Crippen LogP contribution in [0.5, 0.6) is 5.75 Å². The normalized spacial score (nSPS) is 23.1. The van der Waals surface area contributed by atoms with Crippen molar-refractivity contribution in [3.63, 3.8) is 0 Å². The molecule has 1 aromatic carbocycles. The van der Waals surface area contributed by atoms with Crippen LogP contribution < -0.4 is 10.1 Å². The van der Waals surface area contributed by atoms with E-state index in [2.05, 4.69) is 34.1 Å². The minimum absolute atomic E-state index is 0.119. The molecule has 1 saturated heterocycles. The average molecular weight is 278 g/mol. The van der Waals surface area contributed by atoms with Gasteiger partial charge >= 0.3 is 6.09 Å². The molecule has 1 aromatic rings. The number of carbonyl (C=O) groups is 1. The van der Waals surface area contributed by atoms with Gasteiger partial charge in [-0.1, -0.05) is 12.1 Å². The van der Waals surface area contributed by atoms with Crippen LogP contribution in [0.3, 0.4) is 0 Å². The number of rotatable bonds is 3. The van der Waals surface area contributed by atoms with E-state index in [1.54, 1.807) is 7.11 Å². The van der Waals surface area contributed by atoms with Crippen LogP contribution in [0, 0.1) is 0 Å². The lowest BCUT2D eigenvalue weighted by atomic mass is 9.88. The van der Waals surface area contributed by atoms with Gasteiger partial charge in [-0.3, -0.25) is 0 Å². The molecule has 0 bridgehead atoms. The van der Waals surface area contributed by atoms with Crippen LogP contribution in [-0.4, -0.2) is 51.4 Å². The van der Waals surface area contributed by atoms with E-state index >= 15 is 0 Å². The summed E-state index contributed by atoms with van der Waals surface area (Å²) in [6, 6.07) is 8.27. The Morgan fingerprint density at radius 3 is 2.55 bits per heavy atom. The zero-order chi connectivity index (χ0) is 14.5. The number of likely N-dealkylation sites (N-methyl/N-ethyl adjacent to an activating group) is 1. The standard InChI is InChI=1S/C15H22N2O3/c1-17-9-12(8-13(10-17)16-15(18)20-3)11-4-6-14(19-2)7-5-11/h4-7,12-13H,8-10H2,1-3H3,(H,16,18). The zero-order valence-electron chi connectivity index (χ0n) is 12.3. The highest BCUT2D eigenvalue weighted by Gasteiger charge is 2.27. The smallest absolute Gasteiger partial charge is 0.407 e. The first-order chi connectivity index (χ1) is 9.62. The number of amides is 1. The first kappa shape index (κ1) is 14.7. The molecule has 1 N–H and O–H groups in total. The highest BCUT2D eigenvalue weighted by atomic mass is 16.5. The maximum atomic E-state index is 11.3. The number of hydrogen-bond donors (Lipinski definition) is 1. The van der Waals surface area contributed by atoms with Gasteiger partial charge in [0.25, 0.3) is 0 Å². The summed E-state index contributed by atoms with van der Waals surface area (Å²) >= 11 is 0. The van der Waals surface area contributed by atoms with Gasteiger partial charge in [0, 0.05) is 19.1 Å². The van der Waals surface area contributed by atoms with Crippen molar-refractivity contribution >= 4 is 6.09 Å². The maximum absolute atomic E-state index is 11.3. The Labute approximate surface area is 119 Å². The van der Waals surface area contributed by atoms with Crippen LogP contribution in [0.2, 0.25) is 0 Å². The third-order valence-corrected chi connectivity index (χ3v) is 3.73. The number of ether oxygens (including phenoxy) is 2. The SMILES string of the molecule is COC(=O)NC1CC(c2ccc(OC)cc2)CN(C)C1. The van der Waals surface area contributed by atoms with Gasteiger partial charge in [0.2, 0.25) is 0 Å². The summed E-state index contributed by atoms with van der Waals surface area (Å²) in [5.74, 6) is 1.27. The lowest BCUT2D eigenvalue weighted by Crippen LogP contribution is -2.48. The predicted molar refractivity (Wildman–Crippen MR) is 77.2 cm³/mol. The first-order valence-corrected chi connectivity index (χ1v) is 6.79. The summed E-state index contributed by atoms with van der Waals surface area (Å²) in [5.41, 5.74) is 1.27. The second kappa shape index (κ2) is 6.61. The number of nitrogens with one attached hydrogen (secondary N) is 1. The topological polar surface area (TPSA) is 50.8 Å². The molecule has 2 atom stereocenters. The quantitative estimate of drug-likeness (QED) is 0.916. The molecule has 0 saturated carbocycles. The second-order valence-electron chi connectivity index (χ2n) is 5.26. The summed E-state index contributed by atoms with van der Waals surface area (Å²) in [6.07, 6.45) is 0.560. The Hall–Kier alpha value is -1.75. The summed E-state index contributed by atoms with van der Waals surface area (Å²) < 4.78 is 9.86. The molecule has 1 amide bonds. The zero-order valence-corrected chi connectivity index (χ0v) is 12.3. The monoisotopic (exact) mass is 278 g/mol. The van der Waals surface area contributed by atoms with E-state index in [-0.39, 0.29) is 12.1 Å². The molecule has 1 aliphatic rings. The molecule has 5 nitrogen and oxygen atoms in total. The number of alkyl carbamates (subject to hydrolysis) is 1. The van der Waals surface area contributed by atoms with Crippen LogP contribution >= 0.6 is 0 Å². The molecule has 2 unspecified atom stereocenters. The molecular weight excluding hydrogens is 256 g/mol. The van der Waals surface area contributed by atoms with Crippen LogP contribution in [0.25, 0.3) is 0 Å². The fraction of sp³-hybridized carbons (Fsp3) is 0.533. The molecular formula is C15H22N2O3. The maximum Gasteiger partial charge on any atom is 0.407 e. The third kappa shape index (κ3) is 3.63. The largest absolute Gasteiger partial charge is 0.497 e. The highest BCUT2D eigenvalue weighted by molar-refractivity contribution is 5.67. The number of hydrogen-bond acceptors (Lipinski definition) is 4. The minimum atomic E-state index is -0.362. The van der Waals surface area contributed by atoms with Crippen molar-refractivity contribution in [2.45, 2.75) is 18.4 Å². The lowest BCUT2D eigenvalue weighted by molar-refractivity contribution is 0.150. The molecule has 1 fully saturated rings. The number of methoxy groups -OCH3 is 2. The molecule has 1 heterocycles. The molecule has 1 aliphatic heterocycles. The number of nitrogens with zero attached hydrogens (tertiary/aromatic N) is 1. The summed E-state index contributed by atoms with van der Waals surface area (Å²) in [7, 11) is 5.13. The van der Waals surface area contributed by atoms with Crippen molar-refractivity contribution < 1.29 is 14.3 Å². The molecule has 0 aliphatic carbocycles. The van der Waals surface area contributed by atoms with Crippen molar-refractivity contribution in [2.75, 3.05) is 34.4 Å². The fourth-order valence-corrected chi connectivity index (χ4v) is 2.77. The lowest BCUT2D eigenvalue weighted by Gasteiger charge is -2.36. The molecule has 20 heavy (non-hydrogen) atoms. The van der Waals surface area contributed by atoms with E-state index < -0.39 is 0 Å². The van der Waals surface area contributed by atoms with Gasteiger partial charge < -0.3 is 19.7 Å². The van der Waals surface area contributed by atoms with E-state index in [0.717, 1.165) is 25.3 Å². The summed E-state index contributed by atoms with van der Waals surface area (Å²) in [5, 5.41) is 2.89. The van der Waals surface area contributed by atoms with Gasteiger partial charge in [-0.25, -0.2) is 4.79 Å². The Bertz CT molecular complexity index is 447. The Balaban J connectivity index is 2.04. The molecule has 2 rings (SSSR count). The van der Waals surface area contributed by atoms with Crippen molar-refractivity contribution in [1.29, 1.82) is 0 Å². The van der Waals surface area contributed by atoms with Gasteiger partial charge in [0.1, 0.15) is 5.75 Å². The number of benzene rings is 1. The third-order valence-electron chi connectivity index (χ3n) is 3.73. The summed E-state index contributed by atoms with van der Waals surface area (Å²) in [6.45, 7) is 1.84. The Morgan fingerprint density at radius 1 is 1.25 bits per heavy atom. The number of carbonyl (C=O) groups excluding carboxylic acids is 1. The van der Waals surface area contributed by atoms with E-state index in [9.17, 15) is 4.79 Å². The van der Waals surface area contributed by atoms with Gasteiger partial charge in [0.05, 0.1) is 14.2 Å². The van der Waals surface area contributed by atoms with E-state index in [4.69, 9.17) is 4.74 Å². The van der Waals surface area contributed by atoms with Crippen LogP contribution in [-0.2, 0) is 4.74 Å². The Kier molecular flexibility index (Phi) is 4.84. The number of likely N-dealkylation sites (tertiary alicyclic amines) is 1. The van der Waals surface area contributed by atoms with Gasteiger partial charge in [0.15, 0.2) is 0 Å². The molecule has 5 heteroatoms. The van der Waals surface area contributed by atoms with Crippen molar-refractivity contribution in [3.05, 3.63) is 29.8 Å². The van der Waals surface area contributed by atoms with Crippen molar-refractivity contribution in [2.24, 2.45) is 0 Å². The fourth-order valence-electron chi connectivity index (χ4n) is 2.77. The first-order valence-electron chi connectivity index (χ1n) is 6.79. The average Bonchev–Trinajstić information content (AvgIpc) is 2.46. The van der Waals surface area contributed by atoms with Gasteiger partial charge in [-0.15, -0.1) is 0 Å². The van der Waals surface area contributed by atoms with Crippen molar-refractivity contribution in [1.82, 2.24) is 10.2 Å². The van der Waals surface area contributed by atoms with Crippen molar-refractivity contribution in [3.8, 4) is 5.75 Å². The molecule has 0 radical (unpaired) electrons. The highest BCUT2D eigenvalue weighted by Crippen LogP contribution is 2.27. The molecule has 0 spiro atoms. The van der Waals surface area contributed by atoms with Gasteiger partial charge in [-0.05, 0) is 37.1 Å². The van der Waals surface area contributed by atoms with Crippen LogP contribution in [0.1, 0.15) is 17.9 Å². The Morgan fingerprint density at radius 2 is 1.95 bits per heavy atom. The van der Waals surface area contributed by atoms with Gasteiger partial charge in [-0.2, -0.15) is 0 Å². The van der Waals surface area contributed by atoms with Crippen LogP contribution in [0.15, 0.2) is 24.3 Å². The van der Waals surface area contributed by atoms with E-state index in [1.165, 1.54) is 12.7 Å². The minimum Gasteiger partial charge on any atom is -0.497 e. The van der Waals surface area contributed by atoms with E-state index in [0.29, 0.717) is 5.92 Å². The van der Waals surface area contributed by atoms with E-state index in [1.807, 2.05) is 12.1 Å². The van der Waals surface area contributed by atoms with Crippen LogP contribution in [0.4, 0.5) is 4.79 Å². The second-order valence-corrected chi connectivity index (χ2v) is 5.26. The molecule has 110 valence electrons.